The standard InChI is InChI=1S/C12H23N3O3/c1-10(2)8-13-11(16)9-14(3)12(17)15-4-6-18-7-5-15/h10H,4-9H2,1-3H3,(H,13,16). The molecule has 0 unspecified atom stereocenters. The van der Waals surface area contributed by atoms with Crippen LogP contribution in [0.25, 0.3) is 0 Å². The average molecular weight is 257 g/mol. The third-order valence-corrected chi connectivity index (χ3v) is 2.70. The Morgan fingerprint density at radius 1 is 1.33 bits per heavy atom. The van der Waals surface area contributed by atoms with Gasteiger partial charge in [-0.1, -0.05) is 13.8 Å². The lowest BCUT2D eigenvalue weighted by Crippen LogP contribution is -2.49. The van der Waals surface area contributed by atoms with Crippen LogP contribution >= 0.6 is 0 Å². The minimum Gasteiger partial charge on any atom is -0.378 e. The summed E-state index contributed by atoms with van der Waals surface area (Å²) in [6.07, 6.45) is 0. The molecule has 6 heteroatoms. The average Bonchev–Trinajstić information content (AvgIpc) is 2.36. The zero-order valence-electron chi connectivity index (χ0n) is 11.4. The van der Waals surface area contributed by atoms with Crippen LogP contribution in [0.3, 0.4) is 0 Å². The summed E-state index contributed by atoms with van der Waals surface area (Å²) in [5, 5.41) is 2.79. The molecule has 1 N–H and O–H groups in total. The predicted molar refractivity (Wildman–Crippen MR) is 68.3 cm³/mol. The summed E-state index contributed by atoms with van der Waals surface area (Å²) in [5.41, 5.74) is 0. The zero-order chi connectivity index (χ0) is 13.5. The van der Waals surface area contributed by atoms with E-state index in [0.29, 0.717) is 38.8 Å². The molecule has 1 saturated heterocycles. The number of nitrogens with zero attached hydrogens (tertiary/aromatic N) is 2. The van der Waals surface area contributed by atoms with E-state index in [2.05, 4.69) is 5.32 Å². The summed E-state index contributed by atoms with van der Waals surface area (Å²) in [4.78, 5) is 26.7. The molecule has 0 aromatic rings. The van der Waals surface area contributed by atoms with Crippen molar-refractivity contribution in [2.75, 3.05) is 46.4 Å². The predicted octanol–water partition coefficient (Wildman–Crippen LogP) is 0.143. The zero-order valence-corrected chi connectivity index (χ0v) is 11.4. The van der Waals surface area contributed by atoms with Gasteiger partial charge in [-0.3, -0.25) is 4.79 Å². The van der Waals surface area contributed by atoms with Gasteiger partial charge in [0.1, 0.15) is 6.54 Å². The first-order chi connectivity index (χ1) is 8.50. The van der Waals surface area contributed by atoms with E-state index in [4.69, 9.17) is 4.74 Å². The molecule has 0 atom stereocenters. The second-order valence-corrected chi connectivity index (χ2v) is 4.94. The third-order valence-electron chi connectivity index (χ3n) is 2.70. The number of amides is 3. The molecule has 0 aromatic carbocycles. The molecule has 1 aliphatic rings. The number of carbonyl (C=O) groups is 2. The van der Waals surface area contributed by atoms with Crippen LogP contribution in [0, 0.1) is 5.92 Å². The molecule has 18 heavy (non-hydrogen) atoms. The molecule has 0 saturated carbocycles. The molecular weight excluding hydrogens is 234 g/mol. The summed E-state index contributed by atoms with van der Waals surface area (Å²) in [6, 6.07) is -0.113. The van der Waals surface area contributed by atoms with E-state index >= 15 is 0 Å². The molecule has 1 fully saturated rings. The van der Waals surface area contributed by atoms with E-state index in [0.717, 1.165) is 0 Å². The van der Waals surface area contributed by atoms with Crippen LogP contribution in [0.1, 0.15) is 13.8 Å². The van der Waals surface area contributed by atoms with Gasteiger partial charge in [0.05, 0.1) is 13.2 Å². The van der Waals surface area contributed by atoms with Crippen molar-refractivity contribution in [2.45, 2.75) is 13.8 Å². The molecule has 0 bridgehead atoms. The van der Waals surface area contributed by atoms with Gasteiger partial charge in [-0.15, -0.1) is 0 Å². The number of hydrogen-bond acceptors (Lipinski definition) is 3. The minimum atomic E-state index is -0.118. The number of morpholine rings is 1. The first-order valence-corrected chi connectivity index (χ1v) is 6.35. The Kier molecular flexibility index (Phi) is 5.91. The van der Waals surface area contributed by atoms with Crippen molar-refractivity contribution < 1.29 is 14.3 Å². The Morgan fingerprint density at radius 2 is 1.94 bits per heavy atom. The van der Waals surface area contributed by atoms with E-state index < -0.39 is 0 Å². The molecule has 0 radical (unpaired) electrons. The van der Waals surface area contributed by atoms with Gasteiger partial charge in [0.15, 0.2) is 0 Å². The van der Waals surface area contributed by atoms with Crippen molar-refractivity contribution in [1.82, 2.24) is 15.1 Å². The van der Waals surface area contributed by atoms with E-state index in [-0.39, 0.29) is 18.5 Å². The molecule has 0 spiro atoms. The van der Waals surface area contributed by atoms with Crippen LogP contribution in [-0.4, -0.2) is 68.2 Å². The topological polar surface area (TPSA) is 61.9 Å². The molecule has 3 amide bonds. The molecule has 0 aliphatic carbocycles. The second kappa shape index (κ2) is 7.20. The molecule has 1 aliphatic heterocycles. The number of likely N-dealkylation sites (N-methyl/N-ethyl adjacent to an activating group) is 1. The van der Waals surface area contributed by atoms with Crippen molar-refractivity contribution >= 4 is 11.9 Å². The summed E-state index contributed by atoms with van der Waals surface area (Å²) in [6.45, 7) is 7.12. The third kappa shape index (κ3) is 4.91. The van der Waals surface area contributed by atoms with Crippen molar-refractivity contribution in [1.29, 1.82) is 0 Å². The smallest absolute Gasteiger partial charge is 0.320 e. The number of ether oxygens (including phenoxy) is 1. The van der Waals surface area contributed by atoms with Crippen molar-refractivity contribution in [3.05, 3.63) is 0 Å². The van der Waals surface area contributed by atoms with Gasteiger partial charge >= 0.3 is 6.03 Å². The fraction of sp³-hybridized carbons (Fsp3) is 0.833. The number of hydrogen-bond donors (Lipinski definition) is 1. The number of carbonyl (C=O) groups excluding carboxylic acids is 2. The lowest BCUT2D eigenvalue weighted by atomic mass is 10.2. The van der Waals surface area contributed by atoms with E-state index in [1.165, 1.54) is 4.90 Å². The monoisotopic (exact) mass is 257 g/mol. The van der Waals surface area contributed by atoms with Gasteiger partial charge in [0.25, 0.3) is 0 Å². The fourth-order valence-corrected chi connectivity index (χ4v) is 1.65. The van der Waals surface area contributed by atoms with Crippen LogP contribution in [0.4, 0.5) is 4.79 Å². The maximum Gasteiger partial charge on any atom is 0.320 e. The quantitative estimate of drug-likeness (QED) is 0.779. The Bertz CT molecular complexity index is 288. The van der Waals surface area contributed by atoms with Crippen LogP contribution in [-0.2, 0) is 9.53 Å². The molecule has 104 valence electrons. The van der Waals surface area contributed by atoms with Gasteiger partial charge in [0, 0.05) is 26.7 Å². The highest BCUT2D eigenvalue weighted by Gasteiger charge is 2.21. The second-order valence-electron chi connectivity index (χ2n) is 4.94. The van der Waals surface area contributed by atoms with Gasteiger partial charge in [-0.2, -0.15) is 0 Å². The van der Waals surface area contributed by atoms with Crippen molar-refractivity contribution in [2.24, 2.45) is 5.92 Å². The largest absolute Gasteiger partial charge is 0.378 e. The highest BCUT2D eigenvalue weighted by Crippen LogP contribution is 2.01. The lowest BCUT2D eigenvalue weighted by molar-refractivity contribution is -0.121. The first-order valence-electron chi connectivity index (χ1n) is 6.35. The van der Waals surface area contributed by atoms with Crippen LogP contribution in [0.5, 0.6) is 0 Å². The maximum absolute atomic E-state index is 12.0. The highest BCUT2D eigenvalue weighted by atomic mass is 16.5. The minimum absolute atomic E-state index is 0.100. The maximum atomic E-state index is 12.0. The van der Waals surface area contributed by atoms with Gasteiger partial charge in [-0.25, -0.2) is 4.79 Å². The first kappa shape index (κ1) is 14.8. The number of rotatable bonds is 4. The SMILES string of the molecule is CC(C)CNC(=O)CN(C)C(=O)N1CCOCC1. The Labute approximate surface area is 108 Å². The van der Waals surface area contributed by atoms with Crippen LogP contribution in [0.15, 0.2) is 0 Å². The van der Waals surface area contributed by atoms with Crippen molar-refractivity contribution in [3.63, 3.8) is 0 Å². The van der Waals surface area contributed by atoms with Gasteiger partial charge in [0.2, 0.25) is 5.91 Å². The fourth-order valence-electron chi connectivity index (χ4n) is 1.65. The van der Waals surface area contributed by atoms with Crippen LogP contribution in [0.2, 0.25) is 0 Å². The number of nitrogens with one attached hydrogen (secondary N) is 1. The Morgan fingerprint density at radius 3 is 2.50 bits per heavy atom. The number of urea groups is 1. The summed E-state index contributed by atoms with van der Waals surface area (Å²) < 4.78 is 5.18. The van der Waals surface area contributed by atoms with Gasteiger partial charge < -0.3 is 19.9 Å². The summed E-state index contributed by atoms with van der Waals surface area (Å²) >= 11 is 0. The van der Waals surface area contributed by atoms with E-state index in [9.17, 15) is 9.59 Å². The Balaban J connectivity index is 2.32. The Hall–Kier alpha value is -1.30. The van der Waals surface area contributed by atoms with Crippen molar-refractivity contribution in [3.8, 4) is 0 Å². The molecular formula is C12H23N3O3. The molecule has 0 aromatic heterocycles. The molecule has 6 nitrogen and oxygen atoms in total. The molecule has 1 rings (SSSR count). The lowest BCUT2D eigenvalue weighted by Gasteiger charge is -2.30. The van der Waals surface area contributed by atoms with Gasteiger partial charge in [-0.05, 0) is 5.92 Å². The summed E-state index contributed by atoms with van der Waals surface area (Å²) in [7, 11) is 1.65. The van der Waals surface area contributed by atoms with E-state index in [1.54, 1.807) is 11.9 Å². The molecule has 1 heterocycles. The van der Waals surface area contributed by atoms with E-state index in [1.807, 2.05) is 13.8 Å². The highest BCUT2D eigenvalue weighted by molar-refractivity contribution is 5.83. The summed E-state index contributed by atoms with van der Waals surface area (Å²) in [5.74, 6) is 0.294. The normalized spacial score (nSPS) is 15.7. The van der Waals surface area contributed by atoms with Crippen LogP contribution < -0.4 is 5.32 Å².